The summed E-state index contributed by atoms with van der Waals surface area (Å²) in [6.45, 7) is 4.11. The zero-order chi connectivity index (χ0) is 14.4. The van der Waals surface area contributed by atoms with Gasteiger partial charge >= 0.3 is 5.69 Å². The van der Waals surface area contributed by atoms with E-state index in [1.54, 1.807) is 0 Å². The van der Waals surface area contributed by atoms with Crippen LogP contribution in [0.15, 0.2) is 12.1 Å². The van der Waals surface area contributed by atoms with E-state index in [0.29, 0.717) is 26.4 Å². The van der Waals surface area contributed by atoms with Gasteiger partial charge in [0.15, 0.2) is 0 Å². The predicted octanol–water partition coefficient (Wildman–Crippen LogP) is 0.709. The molecule has 8 heteroatoms. The molecule has 0 spiro atoms. The summed E-state index contributed by atoms with van der Waals surface area (Å²) >= 11 is 0. The highest BCUT2D eigenvalue weighted by Crippen LogP contribution is 2.26. The highest BCUT2D eigenvalue weighted by atomic mass is 16.6. The third-order valence-corrected chi connectivity index (χ3v) is 2.97. The minimum absolute atomic E-state index is 0.0115. The van der Waals surface area contributed by atoms with E-state index in [0.717, 1.165) is 13.1 Å². The number of methoxy groups -OCH3 is 1. The van der Waals surface area contributed by atoms with E-state index in [1.165, 1.54) is 19.2 Å². The van der Waals surface area contributed by atoms with Crippen LogP contribution in [-0.4, -0.2) is 61.4 Å². The topological polar surface area (TPSA) is 87.0 Å². The van der Waals surface area contributed by atoms with Crippen molar-refractivity contribution in [2.24, 2.45) is 0 Å². The molecule has 110 valence electrons. The second-order valence-corrected chi connectivity index (χ2v) is 4.24. The molecule has 20 heavy (non-hydrogen) atoms. The van der Waals surface area contributed by atoms with E-state index in [4.69, 9.17) is 14.2 Å². The van der Waals surface area contributed by atoms with E-state index in [-0.39, 0.29) is 17.4 Å². The van der Waals surface area contributed by atoms with Crippen molar-refractivity contribution in [3.05, 3.63) is 22.2 Å². The SMILES string of the molecule is COc1ccc([N+](=O)[O-])c(OCCN2CCOCC2)n1. The Bertz CT molecular complexity index is 462. The maximum Gasteiger partial charge on any atom is 0.331 e. The maximum absolute atomic E-state index is 10.9. The van der Waals surface area contributed by atoms with Gasteiger partial charge in [-0.2, -0.15) is 4.98 Å². The van der Waals surface area contributed by atoms with Gasteiger partial charge in [0.2, 0.25) is 5.88 Å². The highest BCUT2D eigenvalue weighted by molar-refractivity contribution is 5.42. The van der Waals surface area contributed by atoms with E-state index in [1.807, 2.05) is 0 Å². The Hall–Kier alpha value is -1.93. The molecule has 0 bridgehead atoms. The molecule has 1 aromatic rings. The first-order valence-corrected chi connectivity index (χ1v) is 6.33. The zero-order valence-corrected chi connectivity index (χ0v) is 11.3. The Balaban J connectivity index is 1.94. The summed E-state index contributed by atoms with van der Waals surface area (Å²) in [5, 5.41) is 10.9. The second kappa shape index (κ2) is 7.01. The molecule has 8 nitrogen and oxygen atoms in total. The van der Waals surface area contributed by atoms with Crippen molar-refractivity contribution in [1.29, 1.82) is 0 Å². The van der Waals surface area contributed by atoms with Crippen molar-refractivity contribution >= 4 is 5.69 Å². The lowest BCUT2D eigenvalue weighted by atomic mass is 10.4. The standard InChI is InChI=1S/C12H17N3O5/c1-18-11-3-2-10(15(16)17)12(13-11)20-9-6-14-4-7-19-8-5-14/h2-3H,4-9H2,1H3. The van der Waals surface area contributed by atoms with E-state index < -0.39 is 4.92 Å². The first-order valence-electron chi connectivity index (χ1n) is 6.33. The monoisotopic (exact) mass is 283 g/mol. The van der Waals surface area contributed by atoms with Crippen molar-refractivity contribution in [2.45, 2.75) is 0 Å². The Morgan fingerprint density at radius 1 is 1.45 bits per heavy atom. The van der Waals surface area contributed by atoms with Gasteiger partial charge in [-0.05, 0) is 0 Å². The summed E-state index contributed by atoms with van der Waals surface area (Å²) < 4.78 is 15.6. The molecule has 0 atom stereocenters. The normalized spacial score (nSPS) is 15.8. The summed E-state index contributed by atoms with van der Waals surface area (Å²) in [6.07, 6.45) is 0. The van der Waals surface area contributed by atoms with Crippen LogP contribution in [0.4, 0.5) is 5.69 Å². The van der Waals surface area contributed by atoms with Gasteiger partial charge in [-0.1, -0.05) is 0 Å². The minimum Gasteiger partial charge on any atom is -0.481 e. The van der Waals surface area contributed by atoms with Gasteiger partial charge < -0.3 is 14.2 Å². The first kappa shape index (κ1) is 14.5. The average Bonchev–Trinajstić information content (AvgIpc) is 2.48. The Morgan fingerprint density at radius 3 is 2.85 bits per heavy atom. The lowest BCUT2D eigenvalue weighted by Crippen LogP contribution is -2.38. The fourth-order valence-electron chi connectivity index (χ4n) is 1.87. The zero-order valence-electron chi connectivity index (χ0n) is 11.3. The van der Waals surface area contributed by atoms with Crippen LogP contribution >= 0.6 is 0 Å². The number of rotatable bonds is 6. The number of morpholine rings is 1. The molecule has 1 aliphatic heterocycles. The third-order valence-electron chi connectivity index (χ3n) is 2.97. The van der Waals surface area contributed by atoms with Crippen LogP contribution in [0.1, 0.15) is 0 Å². The number of hydrogen-bond donors (Lipinski definition) is 0. The van der Waals surface area contributed by atoms with Gasteiger partial charge in [-0.25, -0.2) is 0 Å². The number of nitro groups is 1. The minimum atomic E-state index is -0.517. The van der Waals surface area contributed by atoms with Crippen LogP contribution < -0.4 is 9.47 Å². The number of nitrogens with zero attached hydrogens (tertiary/aromatic N) is 3. The van der Waals surface area contributed by atoms with Crippen LogP contribution in [-0.2, 0) is 4.74 Å². The van der Waals surface area contributed by atoms with E-state index >= 15 is 0 Å². The van der Waals surface area contributed by atoms with Gasteiger partial charge in [0.05, 0.1) is 25.2 Å². The van der Waals surface area contributed by atoms with Crippen molar-refractivity contribution in [1.82, 2.24) is 9.88 Å². The van der Waals surface area contributed by atoms with E-state index in [2.05, 4.69) is 9.88 Å². The third kappa shape index (κ3) is 3.78. The van der Waals surface area contributed by atoms with Crippen molar-refractivity contribution in [2.75, 3.05) is 46.6 Å². The fraction of sp³-hybridized carbons (Fsp3) is 0.583. The molecule has 2 rings (SSSR count). The smallest absolute Gasteiger partial charge is 0.331 e. The van der Waals surface area contributed by atoms with Crippen molar-refractivity contribution in [3.8, 4) is 11.8 Å². The molecule has 0 radical (unpaired) electrons. The summed E-state index contributed by atoms with van der Waals surface area (Å²) in [5.74, 6) is 0.277. The van der Waals surface area contributed by atoms with Gasteiger partial charge in [0.1, 0.15) is 6.61 Å². The first-order chi connectivity index (χ1) is 9.70. The lowest BCUT2D eigenvalue weighted by molar-refractivity contribution is -0.386. The van der Waals surface area contributed by atoms with Crippen LogP contribution in [0.5, 0.6) is 11.8 Å². The number of ether oxygens (including phenoxy) is 3. The van der Waals surface area contributed by atoms with Gasteiger partial charge in [-0.3, -0.25) is 15.0 Å². The quantitative estimate of drug-likeness (QED) is 0.561. The highest BCUT2D eigenvalue weighted by Gasteiger charge is 2.18. The number of hydrogen-bond acceptors (Lipinski definition) is 7. The molecule has 2 heterocycles. The Kier molecular flexibility index (Phi) is 5.08. The molecule has 0 amide bonds. The summed E-state index contributed by atoms with van der Waals surface area (Å²) in [7, 11) is 1.45. The molecule has 1 aliphatic rings. The molecule has 1 fully saturated rings. The van der Waals surface area contributed by atoms with Crippen molar-refractivity contribution < 1.29 is 19.1 Å². The molecular weight excluding hydrogens is 266 g/mol. The van der Waals surface area contributed by atoms with E-state index in [9.17, 15) is 10.1 Å². The number of pyridine rings is 1. The molecule has 0 aromatic carbocycles. The largest absolute Gasteiger partial charge is 0.481 e. The molecule has 1 aromatic heterocycles. The Labute approximate surface area is 116 Å². The molecule has 0 saturated carbocycles. The molecule has 0 N–H and O–H groups in total. The van der Waals surface area contributed by atoms with Crippen LogP contribution in [0, 0.1) is 10.1 Å². The second-order valence-electron chi connectivity index (χ2n) is 4.24. The lowest BCUT2D eigenvalue weighted by Gasteiger charge is -2.26. The molecule has 0 unspecified atom stereocenters. The molecule has 1 saturated heterocycles. The van der Waals surface area contributed by atoms with Crippen molar-refractivity contribution in [3.63, 3.8) is 0 Å². The van der Waals surface area contributed by atoms with Crippen LogP contribution in [0.3, 0.4) is 0 Å². The summed E-state index contributed by atoms with van der Waals surface area (Å²) in [6, 6.07) is 2.77. The molecule has 0 aliphatic carbocycles. The number of aromatic nitrogens is 1. The van der Waals surface area contributed by atoms with Crippen LogP contribution in [0.2, 0.25) is 0 Å². The predicted molar refractivity (Wildman–Crippen MR) is 70.2 cm³/mol. The average molecular weight is 283 g/mol. The Morgan fingerprint density at radius 2 is 2.20 bits per heavy atom. The van der Waals surface area contributed by atoms with Gasteiger partial charge in [0.25, 0.3) is 5.88 Å². The summed E-state index contributed by atoms with van der Waals surface area (Å²) in [4.78, 5) is 16.5. The van der Waals surface area contributed by atoms with Crippen LogP contribution in [0.25, 0.3) is 0 Å². The fourth-order valence-corrected chi connectivity index (χ4v) is 1.87. The molecular formula is C12H17N3O5. The maximum atomic E-state index is 10.9. The summed E-state index contributed by atoms with van der Waals surface area (Å²) in [5.41, 5.74) is -0.159. The van der Waals surface area contributed by atoms with Gasteiger partial charge in [-0.15, -0.1) is 0 Å². The van der Waals surface area contributed by atoms with Gasteiger partial charge in [0, 0.05) is 31.8 Å².